The Bertz CT molecular complexity index is 364. The summed E-state index contributed by atoms with van der Waals surface area (Å²) in [6.45, 7) is 1.87. The van der Waals surface area contributed by atoms with E-state index in [1.807, 2.05) is 0 Å². The number of benzene rings is 1. The number of halogens is 2. The number of hydrogen-bond donors (Lipinski definition) is 1. The fourth-order valence-electron chi connectivity index (χ4n) is 2.04. The van der Waals surface area contributed by atoms with Crippen LogP contribution in [0.2, 0.25) is 0 Å². The molecule has 1 fully saturated rings. The van der Waals surface area contributed by atoms with Gasteiger partial charge in [0.05, 0.1) is 7.11 Å². The molecule has 0 bridgehead atoms. The van der Waals surface area contributed by atoms with E-state index in [-0.39, 0.29) is 5.82 Å². The Balaban J connectivity index is 2.46. The Morgan fingerprint density at radius 1 is 1.53 bits per heavy atom. The predicted octanol–water partition coefficient (Wildman–Crippen LogP) is 2.67. The fraction of sp³-hybridized carbons (Fsp3) is 0.455. The van der Waals surface area contributed by atoms with Gasteiger partial charge >= 0.3 is 0 Å². The van der Waals surface area contributed by atoms with Crippen molar-refractivity contribution in [2.24, 2.45) is 0 Å². The lowest BCUT2D eigenvalue weighted by Crippen LogP contribution is -2.09. The molecule has 1 aliphatic rings. The smallest absolute Gasteiger partial charge is 0.165 e. The molecule has 2 nitrogen and oxygen atoms in total. The van der Waals surface area contributed by atoms with Gasteiger partial charge in [0.2, 0.25) is 0 Å². The second-order valence-corrected chi connectivity index (χ2v) is 4.52. The van der Waals surface area contributed by atoms with Gasteiger partial charge in [-0.15, -0.1) is 0 Å². The van der Waals surface area contributed by atoms with Crippen molar-refractivity contribution in [3.63, 3.8) is 0 Å². The summed E-state index contributed by atoms with van der Waals surface area (Å²) in [6, 6.07) is 3.17. The molecule has 0 spiro atoms. The molecule has 0 radical (unpaired) electrons. The summed E-state index contributed by atoms with van der Waals surface area (Å²) in [5.74, 6) is 0.422. The third-order valence-corrected chi connectivity index (χ3v) is 3.46. The van der Waals surface area contributed by atoms with Crippen LogP contribution < -0.4 is 10.1 Å². The van der Waals surface area contributed by atoms with Gasteiger partial charge in [0.25, 0.3) is 0 Å². The number of hydrogen-bond acceptors (Lipinski definition) is 2. The monoisotopic (exact) mass is 273 g/mol. The summed E-state index contributed by atoms with van der Waals surface area (Å²) >= 11 is 3.46. The third-order valence-electron chi connectivity index (χ3n) is 2.77. The van der Waals surface area contributed by atoms with E-state index in [1.165, 1.54) is 13.2 Å². The van der Waals surface area contributed by atoms with E-state index in [0.29, 0.717) is 11.7 Å². The lowest BCUT2D eigenvalue weighted by Gasteiger charge is -2.16. The van der Waals surface area contributed by atoms with Gasteiger partial charge < -0.3 is 10.1 Å². The number of methoxy groups -OCH3 is 1. The number of ether oxygens (including phenoxy) is 1. The summed E-state index contributed by atoms with van der Waals surface area (Å²) in [4.78, 5) is 0. The van der Waals surface area contributed by atoms with Crippen molar-refractivity contribution in [1.82, 2.24) is 5.32 Å². The van der Waals surface area contributed by atoms with Crippen molar-refractivity contribution in [2.45, 2.75) is 12.3 Å². The molecule has 1 heterocycles. The zero-order chi connectivity index (χ0) is 10.8. The molecule has 1 atom stereocenters. The van der Waals surface area contributed by atoms with Crippen LogP contribution in [0.1, 0.15) is 17.9 Å². The van der Waals surface area contributed by atoms with E-state index >= 15 is 0 Å². The van der Waals surface area contributed by atoms with Gasteiger partial charge in [0.1, 0.15) is 0 Å². The summed E-state index contributed by atoms with van der Waals surface area (Å²) in [6.07, 6.45) is 1.03. The molecule has 0 aromatic heterocycles. The van der Waals surface area contributed by atoms with Gasteiger partial charge in [-0.3, -0.25) is 0 Å². The SMILES string of the molecule is COc1c(F)ccc(Br)c1C1CCNC1. The van der Waals surface area contributed by atoms with Crippen LogP contribution in [0, 0.1) is 5.82 Å². The molecular weight excluding hydrogens is 261 g/mol. The minimum absolute atomic E-state index is 0.289. The molecular formula is C11H13BrFNO. The highest BCUT2D eigenvalue weighted by atomic mass is 79.9. The first-order chi connectivity index (χ1) is 7.24. The quantitative estimate of drug-likeness (QED) is 0.895. The van der Waals surface area contributed by atoms with Gasteiger partial charge in [0.15, 0.2) is 11.6 Å². The van der Waals surface area contributed by atoms with Crippen molar-refractivity contribution >= 4 is 15.9 Å². The van der Waals surface area contributed by atoms with Crippen molar-refractivity contribution in [3.8, 4) is 5.75 Å². The zero-order valence-electron chi connectivity index (χ0n) is 8.52. The van der Waals surface area contributed by atoms with E-state index < -0.39 is 0 Å². The molecule has 1 aromatic carbocycles. The summed E-state index contributed by atoms with van der Waals surface area (Å²) in [7, 11) is 1.51. The molecule has 1 N–H and O–H groups in total. The molecule has 1 aromatic rings. The minimum Gasteiger partial charge on any atom is -0.493 e. The molecule has 1 unspecified atom stereocenters. The van der Waals surface area contributed by atoms with Crippen LogP contribution in [-0.2, 0) is 0 Å². The first-order valence-electron chi connectivity index (χ1n) is 4.96. The minimum atomic E-state index is -0.289. The lowest BCUT2D eigenvalue weighted by molar-refractivity contribution is 0.378. The lowest BCUT2D eigenvalue weighted by atomic mass is 9.97. The summed E-state index contributed by atoms with van der Waals surface area (Å²) in [5, 5.41) is 3.27. The number of nitrogens with one attached hydrogen (secondary N) is 1. The normalized spacial score (nSPS) is 20.6. The van der Waals surface area contributed by atoms with Gasteiger partial charge in [0, 0.05) is 22.5 Å². The second-order valence-electron chi connectivity index (χ2n) is 3.67. The molecule has 1 saturated heterocycles. The highest BCUT2D eigenvalue weighted by Gasteiger charge is 2.24. The Labute approximate surface area is 96.9 Å². The van der Waals surface area contributed by atoms with Crippen LogP contribution >= 0.6 is 15.9 Å². The van der Waals surface area contributed by atoms with E-state index in [4.69, 9.17) is 4.74 Å². The molecule has 0 saturated carbocycles. The van der Waals surface area contributed by atoms with Crippen molar-refractivity contribution in [3.05, 3.63) is 28.0 Å². The molecule has 0 amide bonds. The average Bonchev–Trinajstić information content (AvgIpc) is 2.74. The van der Waals surface area contributed by atoms with Gasteiger partial charge in [-0.2, -0.15) is 0 Å². The van der Waals surface area contributed by atoms with Gasteiger partial charge in [-0.1, -0.05) is 15.9 Å². The zero-order valence-corrected chi connectivity index (χ0v) is 10.1. The van der Waals surface area contributed by atoms with Gasteiger partial charge in [-0.05, 0) is 25.1 Å². The first kappa shape index (κ1) is 10.9. The van der Waals surface area contributed by atoms with E-state index in [9.17, 15) is 4.39 Å². The van der Waals surface area contributed by atoms with Crippen LogP contribution in [0.5, 0.6) is 5.75 Å². The molecule has 82 valence electrons. The third kappa shape index (κ3) is 2.01. The van der Waals surface area contributed by atoms with Crippen LogP contribution in [0.3, 0.4) is 0 Å². The topological polar surface area (TPSA) is 21.3 Å². The first-order valence-corrected chi connectivity index (χ1v) is 5.76. The van der Waals surface area contributed by atoms with E-state index in [2.05, 4.69) is 21.2 Å². The van der Waals surface area contributed by atoms with Crippen LogP contribution in [0.25, 0.3) is 0 Å². The molecule has 2 rings (SSSR count). The maximum atomic E-state index is 13.5. The Hall–Kier alpha value is -0.610. The van der Waals surface area contributed by atoms with E-state index in [1.54, 1.807) is 6.07 Å². The molecule has 0 aliphatic carbocycles. The molecule has 4 heteroatoms. The van der Waals surface area contributed by atoms with Crippen LogP contribution in [0.15, 0.2) is 16.6 Å². The standard InChI is InChI=1S/C11H13BrFNO/c1-15-11-9(13)3-2-8(12)10(11)7-4-5-14-6-7/h2-3,7,14H,4-6H2,1H3. The van der Waals surface area contributed by atoms with Crippen molar-refractivity contribution in [2.75, 3.05) is 20.2 Å². The van der Waals surface area contributed by atoms with Crippen molar-refractivity contribution in [1.29, 1.82) is 0 Å². The van der Waals surface area contributed by atoms with Gasteiger partial charge in [-0.25, -0.2) is 4.39 Å². The predicted molar refractivity (Wildman–Crippen MR) is 60.9 cm³/mol. The fourth-order valence-corrected chi connectivity index (χ4v) is 2.67. The van der Waals surface area contributed by atoms with E-state index in [0.717, 1.165) is 29.5 Å². The molecule has 1 aliphatic heterocycles. The van der Waals surface area contributed by atoms with Crippen LogP contribution in [-0.4, -0.2) is 20.2 Å². The largest absolute Gasteiger partial charge is 0.493 e. The Morgan fingerprint density at radius 2 is 2.33 bits per heavy atom. The number of rotatable bonds is 2. The Morgan fingerprint density at radius 3 is 2.93 bits per heavy atom. The van der Waals surface area contributed by atoms with Crippen LogP contribution in [0.4, 0.5) is 4.39 Å². The maximum absolute atomic E-state index is 13.5. The summed E-state index contributed by atoms with van der Waals surface area (Å²) < 4.78 is 19.6. The maximum Gasteiger partial charge on any atom is 0.165 e. The second kappa shape index (κ2) is 4.49. The highest BCUT2D eigenvalue weighted by molar-refractivity contribution is 9.10. The Kier molecular flexibility index (Phi) is 3.26. The highest BCUT2D eigenvalue weighted by Crippen LogP contribution is 2.38. The summed E-state index contributed by atoms with van der Waals surface area (Å²) in [5.41, 5.74) is 0.947. The average molecular weight is 274 g/mol. The van der Waals surface area contributed by atoms with Crippen molar-refractivity contribution < 1.29 is 9.13 Å². The molecule has 15 heavy (non-hydrogen) atoms.